The SMILES string of the molecule is CCC1(C)CN(C2CCCS(=O)(=O)C2)C(C)CN1. The van der Waals surface area contributed by atoms with E-state index in [0.29, 0.717) is 17.5 Å². The molecule has 0 amide bonds. The van der Waals surface area contributed by atoms with Crippen molar-refractivity contribution in [3.05, 3.63) is 0 Å². The molecule has 0 aromatic heterocycles. The molecule has 1 N–H and O–H groups in total. The molecule has 2 fully saturated rings. The lowest BCUT2D eigenvalue weighted by atomic mass is 9.92. The maximum Gasteiger partial charge on any atom is 0.151 e. The molecule has 0 saturated carbocycles. The van der Waals surface area contributed by atoms with Gasteiger partial charge in [0.2, 0.25) is 0 Å². The summed E-state index contributed by atoms with van der Waals surface area (Å²) in [4.78, 5) is 2.43. The van der Waals surface area contributed by atoms with Gasteiger partial charge < -0.3 is 5.32 Å². The van der Waals surface area contributed by atoms with Crippen molar-refractivity contribution in [1.82, 2.24) is 10.2 Å². The molecule has 0 aromatic rings. The third-order valence-corrected chi connectivity index (χ3v) is 6.41. The first-order valence-corrected chi connectivity index (χ1v) is 8.88. The predicted molar refractivity (Wildman–Crippen MR) is 74.5 cm³/mol. The summed E-state index contributed by atoms with van der Waals surface area (Å²) in [6, 6.07) is 0.662. The number of hydrogen-bond acceptors (Lipinski definition) is 4. The van der Waals surface area contributed by atoms with Crippen LogP contribution in [0, 0.1) is 0 Å². The molecule has 5 heteroatoms. The predicted octanol–water partition coefficient (Wildman–Crippen LogP) is 1.03. The fourth-order valence-corrected chi connectivity index (χ4v) is 4.83. The first-order chi connectivity index (χ1) is 8.35. The van der Waals surface area contributed by atoms with Crippen molar-refractivity contribution in [1.29, 1.82) is 0 Å². The van der Waals surface area contributed by atoms with Gasteiger partial charge in [0.25, 0.3) is 0 Å². The van der Waals surface area contributed by atoms with Crippen LogP contribution >= 0.6 is 0 Å². The van der Waals surface area contributed by atoms with E-state index in [1.807, 2.05) is 0 Å². The number of hydrogen-bond donors (Lipinski definition) is 1. The zero-order valence-electron chi connectivity index (χ0n) is 11.8. The average Bonchev–Trinajstić information content (AvgIpc) is 2.31. The van der Waals surface area contributed by atoms with Crippen molar-refractivity contribution in [3.8, 4) is 0 Å². The van der Waals surface area contributed by atoms with Crippen LogP contribution in [0.1, 0.15) is 40.0 Å². The highest BCUT2D eigenvalue weighted by atomic mass is 32.2. The average molecular weight is 274 g/mol. The molecule has 2 aliphatic rings. The third kappa shape index (κ3) is 3.06. The molecule has 3 atom stereocenters. The van der Waals surface area contributed by atoms with Gasteiger partial charge in [0.1, 0.15) is 0 Å². The highest BCUT2D eigenvalue weighted by Crippen LogP contribution is 2.25. The van der Waals surface area contributed by atoms with E-state index in [4.69, 9.17) is 0 Å². The Kier molecular flexibility index (Phi) is 4.04. The maximum absolute atomic E-state index is 11.8. The molecule has 0 radical (unpaired) electrons. The lowest BCUT2D eigenvalue weighted by Gasteiger charge is -2.49. The molecule has 4 nitrogen and oxygen atoms in total. The van der Waals surface area contributed by atoms with Gasteiger partial charge in [-0.05, 0) is 33.1 Å². The van der Waals surface area contributed by atoms with E-state index >= 15 is 0 Å². The number of sulfone groups is 1. The molecule has 0 aromatic carbocycles. The third-order valence-electron chi connectivity index (χ3n) is 4.61. The summed E-state index contributed by atoms with van der Waals surface area (Å²) in [7, 11) is -2.81. The Morgan fingerprint density at radius 3 is 2.78 bits per heavy atom. The van der Waals surface area contributed by atoms with E-state index < -0.39 is 9.84 Å². The normalized spacial score (nSPS) is 41.7. The molecular formula is C13H26N2O2S. The minimum absolute atomic E-state index is 0.133. The Bertz CT molecular complexity index is 396. The van der Waals surface area contributed by atoms with E-state index in [0.717, 1.165) is 32.4 Å². The van der Waals surface area contributed by atoms with Crippen LogP contribution in [-0.4, -0.2) is 55.5 Å². The largest absolute Gasteiger partial charge is 0.309 e. The molecule has 2 saturated heterocycles. The van der Waals surface area contributed by atoms with Crippen molar-refractivity contribution in [3.63, 3.8) is 0 Å². The Balaban J connectivity index is 2.10. The van der Waals surface area contributed by atoms with Crippen LogP contribution in [-0.2, 0) is 9.84 Å². The number of piperazine rings is 1. The Morgan fingerprint density at radius 1 is 1.44 bits per heavy atom. The summed E-state index contributed by atoms with van der Waals surface area (Å²) in [6.07, 6.45) is 2.94. The van der Waals surface area contributed by atoms with E-state index in [2.05, 4.69) is 31.0 Å². The minimum Gasteiger partial charge on any atom is -0.309 e. The number of nitrogens with one attached hydrogen (secondary N) is 1. The van der Waals surface area contributed by atoms with Crippen LogP contribution in [0.4, 0.5) is 0 Å². The van der Waals surface area contributed by atoms with E-state index in [9.17, 15) is 8.42 Å². The van der Waals surface area contributed by atoms with Gasteiger partial charge in [-0.2, -0.15) is 0 Å². The first kappa shape index (κ1) is 14.3. The molecule has 106 valence electrons. The lowest BCUT2D eigenvalue weighted by Crippen LogP contribution is -2.65. The first-order valence-electron chi connectivity index (χ1n) is 7.06. The van der Waals surface area contributed by atoms with Gasteiger partial charge in [0.15, 0.2) is 9.84 Å². The second-order valence-corrected chi connectivity index (χ2v) is 8.46. The molecule has 3 unspecified atom stereocenters. The Morgan fingerprint density at radius 2 is 2.17 bits per heavy atom. The Labute approximate surface area is 111 Å². The minimum atomic E-state index is -2.81. The molecule has 2 heterocycles. The summed E-state index contributed by atoms with van der Waals surface area (Å²) in [5.74, 6) is 0.742. The van der Waals surface area contributed by atoms with Gasteiger partial charge in [0.05, 0.1) is 11.5 Å². The molecule has 18 heavy (non-hydrogen) atoms. The van der Waals surface area contributed by atoms with Crippen LogP contribution in [0.3, 0.4) is 0 Å². The van der Waals surface area contributed by atoms with E-state index in [1.54, 1.807) is 0 Å². The zero-order valence-corrected chi connectivity index (χ0v) is 12.6. The van der Waals surface area contributed by atoms with Crippen molar-refractivity contribution in [2.45, 2.75) is 57.7 Å². The molecule has 2 rings (SSSR count). The van der Waals surface area contributed by atoms with Crippen molar-refractivity contribution >= 4 is 9.84 Å². The van der Waals surface area contributed by atoms with Crippen molar-refractivity contribution in [2.24, 2.45) is 0 Å². The standard InChI is InChI=1S/C13H26N2O2S/c1-4-13(3)10-15(11(2)8-14-13)12-6-5-7-18(16,17)9-12/h11-12,14H,4-10H2,1-3H3. The van der Waals surface area contributed by atoms with Crippen molar-refractivity contribution < 1.29 is 8.42 Å². The maximum atomic E-state index is 11.8. The summed E-state index contributed by atoms with van der Waals surface area (Å²) < 4.78 is 23.6. The van der Waals surface area contributed by atoms with E-state index in [1.165, 1.54) is 0 Å². The van der Waals surface area contributed by atoms with Crippen LogP contribution in [0.25, 0.3) is 0 Å². The van der Waals surface area contributed by atoms with E-state index in [-0.39, 0.29) is 11.6 Å². The van der Waals surface area contributed by atoms with Crippen molar-refractivity contribution in [2.75, 3.05) is 24.6 Å². The second-order valence-electron chi connectivity index (χ2n) is 6.23. The zero-order chi connectivity index (χ0) is 13.4. The Hall–Kier alpha value is -0.130. The quantitative estimate of drug-likeness (QED) is 0.817. The highest BCUT2D eigenvalue weighted by molar-refractivity contribution is 7.91. The fraction of sp³-hybridized carbons (Fsp3) is 1.00. The smallest absolute Gasteiger partial charge is 0.151 e. The van der Waals surface area contributed by atoms with Crippen LogP contribution in [0.2, 0.25) is 0 Å². The van der Waals surface area contributed by atoms with Gasteiger partial charge in [0, 0.05) is 30.7 Å². The van der Waals surface area contributed by atoms with Gasteiger partial charge in [-0.25, -0.2) is 8.42 Å². The summed E-state index contributed by atoms with van der Waals surface area (Å²) in [5, 5.41) is 3.59. The molecule has 0 bridgehead atoms. The summed E-state index contributed by atoms with van der Waals surface area (Å²) in [6.45, 7) is 8.55. The van der Waals surface area contributed by atoms with Crippen LogP contribution < -0.4 is 5.32 Å². The fourth-order valence-electron chi connectivity index (χ4n) is 3.11. The van der Waals surface area contributed by atoms with Gasteiger partial charge in [-0.1, -0.05) is 6.92 Å². The van der Waals surface area contributed by atoms with Crippen LogP contribution in [0.15, 0.2) is 0 Å². The molecule has 0 spiro atoms. The number of rotatable bonds is 2. The van der Waals surface area contributed by atoms with Crippen LogP contribution in [0.5, 0.6) is 0 Å². The number of nitrogens with zero attached hydrogens (tertiary/aromatic N) is 1. The summed E-state index contributed by atoms with van der Waals surface area (Å²) in [5.41, 5.74) is 0.133. The molecule has 2 aliphatic heterocycles. The lowest BCUT2D eigenvalue weighted by molar-refractivity contribution is 0.0564. The topological polar surface area (TPSA) is 49.4 Å². The monoisotopic (exact) mass is 274 g/mol. The second kappa shape index (κ2) is 5.10. The summed E-state index contributed by atoms with van der Waals surface area (Å²) >= 11 is 0. The van der Waals surface area contributed by atoms with Gasteiger partial charge in [-0.3, -0.25) is 4.90 Å². The van der Waals surface area contributed by atoms with Gasteiger partial charge >= 0.3 is 0 Å². The molecular weight excluding hydrogens is 248 g/mol. The molecule has 0 aliphatic carbocycles. The highest BCUT2D eigenvalue weighted by Gasteiger charge is 2.38. The van der Waals surface area contributed by atoms with Gasteiger partial charge in [-0.15, -0.1) is 0 Å².